The van der Waals surface area contributed by atoms with Gasteiger partial charge in [0, 0.05) is 19.8 Å². The van der Waals surface area contributed by atoms with Gasteiger partial charge < -0.3 is 17.7 Å². The summed E-state index contributed by atoms with van der Waals surface area (Å²) in [5.41, 5.74) is 0. The second-order valence-electron chi connectivity index (χ2n) is 2.17. The minimum atomic E-state index is -3.28. The highest BCUT2D eigenvalue weighted by molar-refractivity contribution is 7.96. The van der Waals surface area contributed by atoms with Gasteiger partial charge in [0.2, 0.25) is 0 Å². The standard InChI is InChI=1S/C7H16O5SSi/c1-4-9-14(10-5-2,11-6-3)12-7(8)13/h4-6H2,1-3H3,(H,8,13). The zero-order valence-corrected chi connectivity index (χ0v) is 10.5. The van der Waals surface area contributed by atoms with E-state index in [9.17, 15) is 4.79 Å². The Kier molecular flexibility index (Phi) is 7.20. The Morgan fingerprint density at radius 1 is 1.07 bits per heavy atom. The van der Waals surface area contributed by atoms with Crippen molar-refractivity contribution >= 4 is 27.0 Å². The van der Waals surface area contributed by atoms with Gasteiger partial charge >= 0.3 is 14.3 Å². The first-order chi connectivity index (χ1) is 6.60. The van der Waals surface area contributed by atoms with Gasteiger partial charge in [0.05, 0.1) is 0 Å². The average molecular weight is 240 g/mol. The molecule has 5 nitrogen and oxygen atoms in total. The summed E-state index contributed by atoms with van der Waals surface area (Å²) >= 11 is 3.50. The van der Waals surface area contributed by atoms with E-state index in [0.29, 0.717) is 19.8 Å². The van der Waals surface area contributed by atoms with Gasteiger partial charge in [-0.25, -0.2) is 4.79 Å². The first-order valence-corrected chi connectivity index (χ1v) is 6.52. The van der Waals surface area contributed by atoms with Crippen LogP contribution in [0.15, 0.2) is 0 Å². The molecule has 0 saturated carbocycles. The third-order valence-corrected chi connectivity index (χ3v) is 3.80. The van der Waals surface area contributed by atoms with Crippen molar-refractivity contribution in [2.75, 3.05) is 19.8 Å². The number of carbonyl (C=O) groups is 1. The predicted molar refractivity (Wildman–Crippen MR) is 56.1 cm³/mol. The number of thiol groups is 1. The molecule has 0 unspecified atom stereocenters. The predicted octanol–water partition coefficient (Wildman–Crippen LogP) is 1.60. The molecule has 0 aromatic carbocycles. The van der Waals surface area contributed by atoms with Crippen LogP contribution in [-0.4, -0.2) is 34.2 Å². The van der Waals surface area contributed by atoms with E-state index < -0.39 is 14.3 Å². The van der Waals surface area contributed by atoms with Crippen LogP contribution in [0, 0.1) is 0 Å². The van der Waals surface area contributed by atoms with Gasteiger partial charge in [0.15, 0.2) is 0 Å². The molecule has 0 aliphatic heterocycles. The van der Waals surface area contributed by atoms with E-state index in [2.05, 4.69) is 12.6 Å². The summed E-state index contributed by atoms with van der Waals surface area (Å²) in [4.78, 5) is 10.7. The van der Waals surface area contributed by atoms with Crippen LogP contribution >= 0.6 is 12.6 Å². The molecule has 0 aromatic rings. The zero-order valence-electron chi connectivity index (χ0n) is 8.61. The fourth-order valence-corrected chi connectivity index (χ4v) is 2.89. The van der Waals surface area contributed by atoms with Crippen LogP contribution in [0.1, 0.15) is 20.8 Å². The van der Waals surface area contributed by atoms with E-state index >= 15 is 0 Å². The quantitative estimate of drug-likeness (QED) is 0.541. The molecule has 0 N–H and O–H groups in total. The molecule has 0 spiro atoms. The topological polar surface area (TPSA) is 54.0 Å². The maximum atomic E-state index is 10.7. The highest BCUT2D eigenvalue weighted by Gasteiger charge is 2.48. The van der Waals surface area contributed by atoms with Gasteiger partial charge in [-0.3, -0.25) is 0 Å². The third-order valence-electron chi connectivity index (χ3n) is 1.18. The van der Waals surface area contributed by atoms with Crippen LogP contribution in [0.2, 0.25) is 0 Å². The summed E-state index contributed by atoms with van der Waals surface area (Å²) in [6.45, 7) is 6.37. The van der Waals surface area contributed by atoms with Crippen LogP contribution in [0.5, 0.6) is 0 Å². The van der Waals surface area contributed by atoms with E-state index in [4.69, 9.17) is 17.7 Å². The molecule has 0 rings (SSSR count). The van der Waals surface area contributed by atoms with Crippen molar-refractivity contribution in [3.05, 3.63) is 0 Å². The van der Waals surface area contributed by atoms with E-state index in [1.54, 1.807) is 20.8 Å². The summed E-state index contributed by atoms with van der Waals surface area (Å²) < 4.78 is 20.5. The van der Waals surface area contributed by atoms with Gasteiger partial charge in [-0.05, 0) is 20.8 Å². The van der Waals surface area contributed by atoms with Gasteiger partial charge in [-0.2, -0.15) is 0 Å². The Morgan fingerprint density at radius 3 is 1.64 bits per heavy atom. The fourth-order valence-electron chi connectivity index (χ4n) is 0.851. The molecule has 0 aliphatic rings. The molecule has 0 heterocycles. The fraction of sp³-hybridized carbons (Fsp3) is 0.857. The Hall–Kier alpha value is -0.0831. The minimum Gasteiger partial charge on any atom is -0.444 e. The van der Waals surface area contributed by atoms with Crippen LogP contribution in [0.25, 0.3) is 0 Å². The molecule has 0 saturated heterocycles. The average Bonchev–Trinajstić information content (AvgIpc) is 2.03. The Labute approximate surface area is 90.6 Å². The smallest absolute Gasteiger partial charge is 0.444 e. The maximum absolute atomic E-state index is 10.7. The third kappa shape index (κ3) is 4.96. The maximum Gasteiger partial charge on any atom is 0.752 e. The second kappa shape index (κ2) is 7.24. The number of carbonyl (C=O) groups excluding carboxylic acids is 1. The highest BCUT2D eigenvalue weighted by Crippen LogP contribution is 2.13. The van der Waals surface area contributed by atoms with Crippen LogP contribution in [0.3, 0.4) is 0 Å². The summed E-state index contributed by atoms with van der Waals surface area (Å²) in [6, 6.07) is 0. The molecule has 0 fully saturated rings. The van der Waals surface area contributed by atoms with Gasteiger partial charge in [-0.15, -0.1) is 0 Å². The van der Waals surface area contributed by atoms with E-state index in [0.717, 1.165) is 0 Å². The molecular weight excluding hydrogens is 224 g/mol. The van der Waals surface area contributed by atoms with Crippen LogP contribution < -0.4 is 0 Å². The number of hydrogen-bond acceptors (Lipinski definition) is 5. The van der Waals surface area contributed by atoms with Crippen molar-refractivity contribution in [2.45, 2.75) is 20.8 Å². The lowest BCUT2D eigenvalue weighted by Gasteiger charge is -2.24. The normalized spacial score (nSPS) is 11.4. The van der Waals surface area contributed by atoms with Crippen molar-refractivity contribution in [1.82, 2.24) is 0 Å². The molecule has 0 aromatic heterocycles. The lowest BCUT2D eigenvalue weighted by atomic mass is 10.9. The van der Waals surface area contributed by atoms with E-state index in [1.807, 2.05) is 0 Å². The highest BCUT2D eigenvalue weighted by atomic mass is 32.1. The van der Waals surface area contributed by atoms with Gasteiger partial charge in [0.1, 0.15) is 0 Å². The lowest BCUT2D eigenvalue weighted by molar-refractivity contribution is -0.000619. The molecule has 0 bridgehead atoms. The summed E-state index contributed by atoms with van der Waals surface area (Å²) in [5, 5.41) is -0.757. The van der Waals surface area contributed by atoms with Crippen molar-refractivity contribution in [2.24, 2.45) is 0 Å². The number of hydrogen-bond donors (Lipinski definition) is 1. The monoisotopic (exact) mass is 240 g/mol. The van der Waals surface area contributed by atoms with Crippen molar-refractivity contribution in [3.63, 3.8) is 0 Å². The Balaban J connectivity index is 4.45. The van der Waals surface area contributed by atoms with Crippen molar-refractivity contribution in [1.29, 1.82) is 0 Å². The molecular formula is C7H16O5SSi. The molecule has 14 heavy (non-hydrogen) atoms. The Morgan fingerprint density at radius 2 is 1.43 bits per heavy atom. The van der Waals surface area contributed by atoms with E-state index in [-0.39, 0.29) is 0 Å². The second-order valence-corrected chi connectivity index (χ2v) is 4.60. The molecule has 7 heteroatoms. The van der Waals surface area contributed by atoms with E-state index in [1.165, 1.54) is 0 Å². The van der Waals surface area contributed by atoms with Gasteiger partial charge in [-0.1, -0.05) is 12.6 Å². The first kappa shape index (κ1) is 13.9. The number of rotatable bonds is 7. The summed E-state index contributed by atoms with van der Waals surface area (Å²) in [6.07, 6.45) is 0. The molecule has 0 radical (unpaired) electrons. The SMILES string of the molecule is CCO[Si](OCC)(OCC)OC(=O)S. The summed E-state index contributed by atoms with van der Waals surface area (Å²) in [7, 11) is -3.28. The summed E-state index contributed by atoms with van der Waals surface area (Å²) in [5.74, 6) is 0. The Bertz CT molecular complexity index is 160. The molecule has 0 atom stereocenters. The van der Waals surface area contributed by atoms with Crippen LogP contribution in [-0.2, 0) is 17.7 Å². The zero-order chi connectivity index (χ0) is 11.0. The molecule has 84 valence electrons. The lowest BCUT2D eigenvalue weighted by Crippen LogP contribution is -2.49. The van der Waals surface area contributed by atoms with Crippen molar-refractivity contribution < 1.29 is 22.5 Å². The van der Waals surface area contributed by atoms with Crippen LogP contribution in [0.4, 0.5) is 4.79 Å². The largest absolute Gasteiger partial charge is 0.752 e. The molecule has 0 amide bonds. The van der Waals surface area contributed by atoms with Gasteiger partial charge in [0.25, 0.3) is 0 Å². The molecule has 0 aliphatic carbocycles. The van der Waals surface area contributed by atoms with Crippen molar-refractivity contribution in [3.8, 4) is 0 Å². The first-order valence-electron chi connectivity index (χ1n) is 4.44. The minimum absolute atomic E-state index is 0.354.